The maximum atomic E-state index is 13.3. The molecule has 10 atom stereocenters. The molecule has 0 radical (unpaired) electrons. The van der Waals surface area contributed by atoms with E-state index in [2.05, 4.69) is 41.2 Å². The molecule has 5 rings (SSSR count). The molecule has 5 fully saturated rings. The molecule has 0 aromatic heterocycles. The van der Waals surface area contributed by atoms with Crippen molar-refractivity contribution in [3.8, 4) is 0 Å². The van der Waals surface area contributed by atoms with E-state index in [0.29, 0.717) is 52.9 Å². The second-order valence-corrected chi connectivity index (χ2v) is 14.4. The second-order valence-electron chi connectivity index (χ2n) is 14.4. The quantitative estimate of drug-likeness (QED) is 0.355. The Morgan fingerprint density at radius 2 is 1.59 bits per heavy atom. The van der Waals surface area contributed by atoms with Crippen LogP contribution in [0, 0.1) is 63.1 Å². The van der Waals surface area contributed by atoms with Gasteiger partial charge in [0.1, 0.15) is 0 Å². The van der Waals surface area contributed by atoms with Gasteiger partial charge < -0.3 is 9.84 Å². The third kappa shape index (κ3) is 3.07. The van der Waals surface area contributed by atoms with E-state index in [4.69, 9.17) is 4.74 Å². The molecule has 0 bridgehead atoms. The molecular weight excluding hydrogens is 420 g/mol. The fourth-order valence-corrected chi connectivity index (χ4v) is 11.8. The minimum atomic E-state index is -0.273. The number of allylic oxidation sites excluding steroid dienone is 1. The van der Waals surface area contributed by atoms with Gasteiger partial charge in [-0.3, -0.25) is 4.79 Å². The van der Waals surface area contributed by atoms with Gasteiger partial charge in [0.05, 0.1) is 12.5 Å². The summed E-state index contributed by atoms with van der Waals surface area (Å²) in [6, 6.07) is 0. The van der Waals surface area contributed by atoms with Crippen molar-refractivity contribution in [3.63, 3.8) is 0 Å². The van der Waals surface area contributed by atoms with Gasteiger partial charge >= 0.3 is 5.97 Å². The Labute approximate surface area is 208 Å². The molecule has 5 aliphatic carbocycles. The second kappa shape index (κ2) is 8.09. The Balaban J connectivity index is 1.50. The van der Waals surface area contributed by atoms with Crippen LogP contribution in [0.4, 0.5) is 0 Å². The molecule has 0 heterocycles. The van der Waals surface area contributed by atoms with E-state index in [9.17, 15) is 9.90 Å². The molecule has 0 aromatic carbocycles. The zero-order valence-corrected chi connectivity index (χ0v) is 22.8. The van der Waals surface area contributed by atoms with Crippen LogP contribution in [-0.2, 0) is 9.53 Å². The van der Waals surface area contributed by atoms with Gasteiger partial charge in [-0.15, -0.1) is 0 Å². The van der Waals surface area contributed by atoms with Crippen LogP contribution in [0.5, 0.6) is 0 Å². The first-order valence-electron chi connectivity index (χ1n) is 14.3. The standard InChI is InChI=1S/C31H50O3/c1-19(2)21-11-16-31(27(33)34-7)17-12-23-22(26(21)31)8-9-25-29(23,5)15-13-24-28(3,4)20(18-32)10-14-30(24,25)6/h20-26,32H,1,8-18H2,2-7H3/t20-,21+,22?,23?,24?,25?,26?,29+,30+,31+/m1/s1. The monoisotopic (exact) mass is 470 g/mol. The lowest BCUT2D eigenvalue weighted by atomic mass is 9.35. The summed E-state index contributed by atoms with van der Waals surface area (Å²) in [5, 5.41) is 10.1. The number of carbonyl (C=O) groups is 1. The third-order valence-electron chi connectivity index (χ3n) is 13.3. The smallest absolute Gasteiger partial charge is 0.312 e. The molecule has 1 N–H and O–H groups in total. The summed E-state index contributed by atoms with van der Waals surface area (Å²) >= 11 is 0. The molecule has 0 spiro atoms. The fourth-order valence-electron chi connectivity index (χ4n) is 11.8. The Morgan fingerprint density at radius 1 is 0.912 bits per heavy atom. The van der Waals surface area contributed by atoms with Crippen molar-refractivity contribution < 1.29 is 14.6 Å². The molecule has 5 unspecified atom stereocenters. The molecule has 0 aliphatic heterocycles. The molecule has 3 heteroatoms. The molecule has 34 heavy (non-hydrogen) atoms. The predicted molar refractivity (Wildman–Crippen MR) is 137 cm³/mol. The van der Waals surface area contributed by atoms with Gasteiger partial charge in [0.2, 0.25) is 0 Å². The van der Waals surface area contributed by atoms with E-state index in [1.165, 1.54) is 50.5 Å². The number of aliphatic hydroxyl groups is 1. The summed E-state index contributed by atoms with van der Waals surface area (Å²) < 4.78 is 5.48. The average molecular weight is 471 g/mol. The fraction of sp³-hybridized carbons (Fsp3) is 0.903. The van der Waals surface area contributed by atoms with Crippen molar-refractivity contribution in [1.29, 1.82) is 0 Å². The Hall–Kier alpha value is -0.830. The zero-order valence-electron chi connectivity index (χ0n) is 22.8. The maximum Gasteiger partial charge on any atom is 0.312 e. The van der Waals surface area contributed by atoms with Crippen molar-refractivity contribution >= 4 is 5.97 Å². The van der Waals surface area contributed by atoms with Gasteiger partial charge in [-0.2, -0.15) is 0 Å². The normalized spacial score (nSPS) is 51.4. The summed E-state index contributed by atoms with van der Waals surface area (Å²) in [7, 11) is 1.60. The van der Waals surface area contributed by atoms with Gasteiger partial charge in [0.15, 0.2) is 0 Å². The number of carbonyl (C=O) groups excluding carboxylic acids is 1. The maximum absolute atomic E-state index is 13.3. The highest BCUT2D eigenvalue weighted by atomic mass is 16.5. The number of hydrogen-bond donors (Lipinski definition) is 1. The highest BCUT2D eigenvalue weighted by molar-refractivity contribution is 5.78. The van der Waals surface area contributed by atoms with Crippen LogP contribution in [0.1, 0.15) is 98.8 Å². The lowest BCUT2D eigenvalue weighted by Gasteiger charge is -2.69. The topological polar surface area (TPSA) is 46.5 Å². The number of hydrogen-bond acceptors (Lipinski definition) is 3. The van der Waals surface area contributed by atoms with Crippen LogP contribution >= 0.6 is 0 Å². The van der Waals surface area contributed by atoms with Crippen molar-refractivity contribution in [1.82, 2.24) is 0 Å². The summed E-state index contributed by atoms with van der Waals surface area (Å²) in [6.45, 7) is 17.1. The van der Waals surface area contributed by atoms with Crippen LogP contribution in [-0.4, -0.2) is 24.8 Å². The van der Waals surface area contributed by atoms with E-state index < -0.39 is 0 Å². The van der Waals surface area contributed by atoms with Gasteiger partial charge in [0.25, 0.3) is 0 Å². The molecule has 0 aromatic rings. The molecule has 3 nitrogen and oxygen atoms in total. The Bertz CT molecular complexity index is 846. The first-order valence-corrected chi connectivity index (χ1v) is 14.3. The first kappa shape index (κ1) is 24.8. The van der Waals surface area contributed by atoms with Crippen LogP contribution in [0.15, 0.2) is 12.2 Å². The van der Waals surface area contributed by atoms with E-state index >= 15 is 0 Å². The van der Waals surface area contributed by atoms with Crippen LogP contribution in [0.2, 0.25) is 0 Å². The third-order valence-corrected chi connectivity index (χ3v) is 13.3. The minimum absolute atomic E-state index is 0.0618. The first-order chi connectivity index (χ1) is 16.0. The summed E-state index contributed by atoms with van der Waals surface area (Å²) in [4.78, 5) is 13.3. The number of fused-ring (bicyclic) bond motifs is 7. The van der Waals surface area contributed by atoms with Crippen LogP contribution in [0.3, 0.4) is 0 Å². The van der Waals surface area contributed by atoms with E-state index in [1.807, 2.05) is 0 Å². The number of ether oxygens (including phenoxy) is 1. The summed E-state index contributed by atoms with van der Waals surface area (Å²) in [6.07, 6.45) is 11.9. The van der Waals surface area contributed by atoms with Crippen molar-refractivity contribution in [2.45, 2.75) is 98.8 Å². The number of esters is 1. The van der Waals surface area contributed by atoms with Gasteiger partial charge in [-0.05, 0) is 129 Å². The highest BCUT2D eigenvalue weighted by Gasteiger charge is 2.68. The highest BCUT2D eigenvalue weighted by Crippen LogP contribution is 2.74. The Kier molecular flexibility index (Phi) is 5.91. The van der Waals surface area contributed by atoms with Gasteiger partial charge in [-0.25, -0.2) is 0 Å². The van der Waals surface area contributed by atoms with Gasteiger partial charge in [0, 0.05) is 6.61 Å². The summed E-state index contributed by atoms with van der Waals surface area (Å²) in [5.74, 6) is 4.19. The SMILES string of the molecule is C=C(C)[C@@H]1CC[C@]2(C(=O)OC)CCC3C(CCC4[C@@]3(C)CCC3C(C)(C)[C@@H](CO)CC[C@@]34C)C12. The van der Waals surface area contributed by atoms with E-state index in [1.54, 1.807) is 7.11 Å². The lowest BCUT2D eigenvalue weighted by molar-refractivity contribution is -0.213. The number of methoxy groups -OCH3 is 1. The summed E-state index contributed by atoms with van der Waals surface area (Å²) in [5.41, 5.74) is 1.95. The van der Waals surface area contributed by atoms with Gasteiger partial charge in [-0.1, -0.05) is 39.8 Å². The zero-order chi connectivity index (χ0) is 24.7. The largest absolute Gasteiger partial charge is 0.469 e. The number of rotatable bonds is 3. The molecule has 5 saturated carbocycles. The molecule has 0 amide bonds. The van der Waals surface area contributed by atoms with Crippen molar-refractivity contribution in [2.24, 2.45) is 63.1 Å². The average Bonchev–Trinajstić information content (AvgIpc) is 3.19. The van der Waals surface area contributed by atoms with Crippen LogP contribution in [0.25, 0.3) is 0 Å². The molecular formula is C31H50O3. The molecule has 192 valence electrons. The molecule has 5 aliphatic rings. The van der Waals surface area contributed by atoms with Crippen LogP contribution < -0.4 is 0 Å². The minimum Gasteiger partial charge on any atom is -0.469 e. The number of aliphatic hydroxyl groups excluding tert-OH is 1. The Morgan fingerprint density at radius 3 is 2.24 bits per heavy atom. The van der Waals surface area contributed by atoms with Crippen molar-refractivity contribution in [2.75, 3.05) is 13.7 Å². The lowest BCUT2D eigenvalue weighted by Crippen LogP contribution is -2.63. The van der Waals surface area contributed by atoms with Crippen molar-refractivity contribution in [3.05, 3.63) is 12.2 Å². The van der Waals surface area contributed by atoms with E-state index in [-0.39, 0.29) is 16.8 Å². The molecule has 0 saturated heterocycles. The van der Waals surface area contributed by atoms with E-state index in [0.717, 1.165) is 25.2 Å². The predicted octanol–water partition coefficient (Wildman–Crippen LogP) is 7.04.